The molecule has 8 nitrogen and oxygen atoms in total. The largest absolute Gasteiger partial charge is 0.508 e. The number of halogens is 1. The lowest BCUT2D eigenvalue weighted by molar-refractivity contribution is 0.0976. The summed E-state index contributed by atoms with van der Waals surface area (Å²) in [5.74, 6) is 0.528. The lowest BCUT2D eigenvalue weighted by Crippen LogP contribution is -2.16. The Hall–Kier alpha value is -3.82. The fraction of sp³-hybridized carbons (Fsp3) is 0.120. The summed E-state index contributed by atoms with van der Waals surface area (Å²) in [5.41, 5.74) is 1.81. The fourth-order valence-electron chi connectivity index (χ4n) is 3.48. The van der Waals surface area contributed by atoms with Crippen molar-refractivity contribution < 1.29 is 22.8 Å². The minimum atomic E-state index is -3.86. The fourth-order valence-corrected chi connectivity index (χ4v) is 4.59. The van der Waals surface area contributed by atoms with Crippen LogP contribution in [0.4, 0.5) is 11.5 Å². The van der Waals surface area contributed by atoms with Crippen LogP contribution in [0.2, 0.25) is 5.02 Å². The number of rotatable bonds is 9. The van der Waals surface area contributed by atoms with Crippen LogP contribution in [0.5, 0.6) is 5.75 Å². The molecule has 0 fully saturated rings. The van der Waals surface area contributed by atoms with Crippen molar-refractivity contribution in [1.29, 1.82) is 0 Å². The average Bonchev–Trinajstić information content (AvgIpc) is 3.23. The van der Waals surface area contributed by atoms with Gasteiger partial charge in [0.1, 0.15) is 11.5 Å². The molecule has 1 atom stereocenters. The monoisotopic (exact) mass is 511 g/mol. The number of anilines is 2. The standard InChI is InChI=1S/C25H22ClN3O5S/c1-16-13-25(28-34-16)29-35(32,33)22-11-9-20(10-12-22)27-23(18-3-2-4-21(30)14-18)15-24(31)17-5-7-19(26)8-6-17/h2-14,23,27,30H,15H2,1H3,(H,28,29). The molecule has 0 aliphatic rings. The highest BCUT2D eigenvalue weighted by molar-refractivity contribution is 7.92. The van der Waals surface area contributed by atoms with E-state index in [1.165, 1.54) is 18.2 Å². The second-order valence-corrected chi connectivity index (χ2v) is 10.00. The van der Waals surface area contributed by atoms with E-state index in [0.717, 1.165) is 0 Å². The summed E-state index contributed by atoms with van der Waals surface area (Å²) < 4.78 is 32.5. The van der Waals surface area contributed by atoms with E-state index < -0.39 is 16.1 Å². The van der Waals surface area contributed by atoms with Gasteiger partial charge < -0.3 is 14.9 Å². The first-order valence-electron chi connectivity index (χ1n) is 10.6. The van der Waals surface area contributed by atoms with Gasteiger partial charge in [0.15, 0.2) is 11.6 Å². The second-order valence-electron chi connectivity index (χ2n) is 7.88. The molecule has 4 aromatic rings. The van der Waals surface area contributed by atoms with E-state index in [2.05, 4.69) is 15.2 Å². The summed E-state index contributed by atoms with van der Waals surface area (Å²) >= 11 is 5.93. The van der Waals surface area contributed by atoms with Crippen molar-refractivity contribution in [2.45, 2.75) is 24.3 Å². The quantitative estimate of drug-likeness (QED) is 0.251. The highest BCUT2D eigenvalue weighted by Crippen LogP contribution is 2.28. The number of phenolic OH excluding ortho intramolecular Hbond substituents is 1. The molecule has 0 aliphatic heterocycles. The van der Waals surface area contributed by atoms with Crippen molar-refractivity contribution in [1.82, 2.24) is 5.16 Å². The van der Waals surface area contributed by atoms with Gasteiger partial charge in [-0.2, -0.15) is 0 Å². The van der Waals surface area contributed by atoms with E-state index in [0.29, 0.717) is 27.6 Å². The van der Waals surface area contributed by atoms with E-state index in [4.69, 9.17) is 16.1 Å². The Labute approximate surface area is 207 Å². The summed E-state index contributed by atoms with van der Waals surface area (Å²) in [6, 6.07) is 20.3. The maximum Gasteiger partial charge on any atom is 0.263 e. The highest BCUT2D eigenvalue weighted by Gasteiger charge is 2.20. The van der Waals surface area contributed by atoms with Gasteiger partial charge in [0, 0.05) is 28.8 Å². The van der Waals surface area contributed by atoms with Crippen molar-refractivity contribution in [2.24, 2.45) is 0 Å². The van der Waals surface area contributed by atoms with E-state index in [1.54, 1.807) is 67.6 Å². The van der Waals surface area contributed by atoms with E-state index >= 15 is 0 Å². The predicted octanol–water partition coefficient (Wildman–Crippen LogP) is 5.57. The predicted molar refractivity (Wildman–Crippen MR) is 133 cm³/mol. The molecule has 0 saturated heterocycles. The third kappa shape index (κ3) is 6.20. The SMILES string of the molecule is Cc1cc(NS(=O)(=O)c2ccc(NC(CC(=O)c3ccc(Cl)cc3)c3cccc(O)c3)cc2)no1. The summed E-state index contributed by atoms with van der Waals surface area (Å²) in [6.45, 7) is 1.66. The Morgan fingerprint density at radius 1 is 1.06 bits per heavy atom. The van der Waals surface area contributed by atoms with Gasteiger partial charge in [0.05, 0.1) is 10.9 Å². The number of aryl methyl sites for hydroxylation is 1. The molecule has 0 spiro atoms. The highest BCUT2D eigenvalue weighted by atomic mass is 35.5. The molecule has 3 aromatic carbocycles. The van der Waals surface area contributed by atoms with Crippen molar-refractivity contribution >= 4 is 38.9 Å². The number of aromatic hydroxyl groups is 1. The van der Waals surface area contributed by atoms with Crippen LogP contribution in [0.15, 0.2) is 88.3 Å². The molecular weight excluding hydrogens is 490 g/mol. The van der Waals surface area contributed by atoms with Crippen LogP contribution in [0, 0.1) is 6.92 Å². The summed E-state index contributed by atoms with van der Waals surface area (Å²) in [5, 5.41) is 17.4. The Morgan fingerprint density at radius 3 is 2.40 bits per heavy atom. The summed E-state index contributed by atoms with van der Waals surface area (Å²) in [4.78, 5) is 13.0. The maximum atomic E-state index is 12.9. The normalized spacial score (nSPS) is 12.2. The summed E-state index contributed by atoms with van der Waals surface area (Å²) in [7, 11) is -3.86. The molecule has 10 heteroatoms. The number of Topliss-reactive ketones (excluding diaryl/α,β-unsaturated/α-hetero) is 1. The lowest BCUT2D eigenvalue weighted by Gasteiger charge is -2.20. The minimum Gasteiger partial charge on any atom is -0.508 e. The Morgan fingerprint density at radius 2 is 1.77 bits per heavy atom. The number of benzene rings is 3. The van der Waals surface area contributed by atoms with Crippen LogP contribution in [-0.4, -0.2) is 24.5 Å². The number of carbonyl (C=O) groups excluding carboxylic acids is 1. The zero-order valence-corrected chi connectivity index (χ0v) is 20.2. The number of carbonyl (C=O) groups is 1. The number of aromatic nitrogens is 1. The second kappa shape index (κ2) is 10.2. The number of hydrogen-bond acceptors (Lipinski definition) is 7. The molecule has 35 heavy (non-hydrogen) atoms. The minimum absolute atomic E-state index is 0.0369. The molecular formula is C25H22ClN3O5S. The Kier molecular flexibility index (Phi) is 7.09. The molecule has 0 bridgehead atoms. The van der Waals surface area contributed by atoms with Gasteiger partial charge in [-0.1, -0.05) is 28.9 Å². The van der Waals surface area contributed by atoms with Crippen LogP contribution < -0.4 is 10.0 Å². The number of ketones is 1. The maximum absolute atomic E-state index is 12.9. The molecule has 1 unspecified atom stereocenters. The van der Waals surface area contributed by atoms with E-state index in [1.807, 2.05) is 0 Å². The number of nitrogens with zero attached hydrogens (tertiary/aromatic N) is 1. The van der Waals surface area contributed by atoms with Crippen molar-refractivity contribution in [3.63, 3.8) is 0 Å². The van der Waals surface area contributed by atoms with Crippen LogP contribution in [0.1, 0.15) is 34.1 Å². The number of phenols is 1. The van der Waals surface area contributed by atoms with Crippen molar-refractivity contribution in [3.05, 3.63) is 101 Å². The van der Waals surface area contributed by atoms with Crippen molar-refractivity contribution in [2.75, 3.05) is 10.0 Å². The smallest absolute Gasteiger partial charge is 0.263 e. The van der Waals surface area contributed by atoms with E-state index in [-0.39, 0.29) is 28.7 Å². The third-order valence-corrected chi connectivity index (χ3v) is 6.82. The van der Waals surface area contributed by atoms with Crippen LogP contribution >= 0.6 is 11.6 Å². The van der Waals surface area contributed by atoms with E-state index in [9.17, 15) is 18.3 Å². The van der Waals surface area contributed by atoms with Gasteiger partial charge >= 0.3 is 0 Å². The first-order valence-corrected chi connectivity index (χ1v) is 12.5. The van der Waals surface area contributed by atoms with Gasteiger partial charge in [-0.15, -0.1) is 0 Å². The zero-order chi connectivity index (χ0) is 25.0. The molecule has 1 heterocycles. The molecule has 1 aromatic heterocycles. The Bertz CT molecular complexity index is 1430. The lowest BCUT2D eigenvalue weighted by atomic mass is 9.97. The molecule has 180 valence electrons. The average molecular weight is 512 g/mol. The third-order valence-electron chi connectivity index (χ3n) is 5.20. The first-order chi connectivity index (χ1) is 16.7. The van der Waals surface area contributed by atoms with Crippen LogP contribution in [0.25, 0.3) is 0 Å². The number of hydrogen-bond donors (Lipinski definition) is 3. The number of nitrogens with one attached hydrogen (secondary N) is 2. The molecule has 0 amide bonds. The van der Waals surface area contributed by atoms with Gasteiger partial charge in [-0.25, -0.2) is 8.42 Å². The molecule has 3 N–H and O–H groups in total. The van der Waals surface area contributed by atoms with Crippen LogP contribution in [0.3, 0.4) is 0 Å². The molecule has 4 rings (SSSR count). The van der Waals surface area contributed by atoms with Gasteiger partial charge in [-0.05, 0) is 73.2 Å². The topological polar surface area (TPSA) is 122 Å². The van der Waals surface area contributed by atoms with Gasteiger partial charge in [0.2, 0.25) is 0 Å². The zero-order valence-electron chi connectivity index (χ0n) is 18.6. The van der Waals surface area contributed by atoms with Crippen LogP contribution in [-0.2, 0) is 10.0 Å². The Balaban J connectivity index is 1.54. The molecule has 0 radical (unpaired) electrons. The van der Waals surface area contributed by atoms with Gasteiger partial charge in [-0.3, -0.25) is 9.52 Å². The number of sulfonamides is 1. The summed E-state index contributed by atoms with van der Waals surface area (Å²) in [6.07, 6.45) is 0.0954. The van der Waals surface area contributed by atoms with Gasteiger partial charge in [0.25, 0.3) is 10.0 Å². The first kappa shape index (κ1) is 24.3. The molecule has 0 saturated carbocycles. The van der Waals surface area contributed by atoms with Crippen molar-refractivity contribution in [3.8, 4) is 5.75 Å². The molecule has 0 aliphatic carbocycles.